The fourth-order valence-electron chi connectivity index (χ4n) is 2.28. The van der Waals surface area contributed by atoms with E-state index in [1.807, 2.05) is 13.0 Å². The summed E-state index contributed by atoms with van der Waals surface area (Å²) in [5.74, 6) is 0.195. The van der Waals surface area contributed by atoms with Crippen LogP contribution in [0.1, 0.15) is 31.4 Å². The van der Waals surface area contributed by atoms with Gasteiger partial charge in [-0.3, -0.25) is 0 Å². The largest absolute Gasteiger partial charge is 0.435 e. The van der Waals surface area contributed by atoms with E-state index in [0.29, 0.717) is 12.6 Å². The van der Waals surface area contributed by atoms with Crippen LogP contribution in [-0.2, 0) is 4.74 Å². The van der Waals surface area contributed by atoms with Crippen LogP contribution in [0.5, 0.6) is 5.75 Å². The first kappa shape index (κ1) is 14.2. The van der Waals surface area contributed by atoms with E-state index in [4.69, 9.17) is 4.74 Å². The van der Waals surface area contributed by atoms with Crippen LogP contribution in [0.25, 0.3) is 0 Å². The summed E-state index contributed by atoms with van der Waals surface area (Å²) in [6, 6.07) is 7.21. The number of rotatable bonds is 5. The minimum Gasteiger partial charge on any atom is -0.435 e. The Morgan fingerprint density at radius 2 is 2.26 bits per heavy atom. The summed E-state index contributed by atoms with van der Waals surface area (Å²) in [5, 5.41) is 3.45. The van der Waals surface area contributed by atoms with Gasteiger partial charge < -0.3 is 14.8 Å². The lowest BCUT2D eigenvalue weighted by atomic mass is 10.0. The molecule has 0 radical (unpaired) electrons. The lowest BCUT2D eigenvalue weighted by Crippen LogP contribution is -2.38. The lowest BCUT2D eigenvalue weighted by molar-refractivity contribution is -0.0499. The first-order valence-electron chi connectivity index (χ1n) is 6.53. The summed E-state index contributed by atoms with van der Waals surface area (Å²) >= 11 is 0. The Morgan fingerprint density at radius 1 is 1.42 bits per heavy atom. The van der Waals surface area contributed by atoms with Crippen LogP contribution in [0.4, 0.5) is 8.78 Å². The van der Waals surface area contributed by atoms with Crippen molar-refractivity contribution in [2.75, 3.05) is 13.2 Å². The molecule has 0 bridgehead atoms. The zero-order valence-electron chi connectivity index (χ0n) is 10.9. The van der Waals surface area contributed by atoms with Gasteiger partial charge in [0.15, 0.2) is 0 Å². The first-order valence-corrected chi connectivity index (χ1v) is 6.53. The van der Waals surface area contributed by atoms with E-state index in [9.17, 15) is 8.78 Å². The summed E-state index contributed by atoms with van der Waals surface area (Å²) in [6.45, 7) is 0.753. The van der Waals surface area contributed by atoms with Crippen molar-refractivity contribution in [1.29, 1.82) is 0 Å². The monoisotopic (exact) mass is 271 g/mol. The molecule has 0 unspecified atom stereocenters. The zero-order chi connectivity index (χ0) is 13.7. The summed E-state index contributed by atoms with van der Waals surface area (Å²) in [4.78, 5) is 0. The van der Waals surface area contributed by atoms with Crippen LogP contribution in [0, 0.1) is 0 Å². The van der Waals surface area contributed by atoms with Crippen molar-refractivity contribution >= 4 is 0 Å². The maximum absolute atomic E-state index is 12.2. The maximum atomic E-state index is 12.2. The first-order chi connectivity index (χ1) is 9.15. The molecular formula is C14H19F2NO2. The molecule has 1 heterocycles. The van der Waals surface area contributed by atoms with Crippen LogP contribution in [-0.4, -0.2) is 25.9 Å². The molecule has 0 aromatic heterocycles. The summed E-state index contributed by atoms with van der Waals surface area (Å²) < 4.78 is 34.2. The van der Waals surface area contributed by atoms with Gasteiger partial charge in [0.1, 0.15) is 5.75 Å². The molecule has 19 heavy (non-hydrogen) atoms. The number of benzene rings is 1. The highest BCUT2D eigenvalue weighted by atomic mass is 19.3. The highest BCUT2D eigenvalue weighted by molar-refractivity contribution is 5.30. The third-order valence-electron chi connectivity index (χ3n) is 3.23. The predicted molar refractivity (Wildman–Crippen MR) is 68.5 cm³/mol. The van der Waals surface area contributed by atoms with Crippen molar-refractivity contribution in [2.45, 2.75) is 38.5 Å². The molecule has 0 aliphatic carbocycles. The zero-order valence-corrected chi connectivity index (χ0v) is 10.9. The van der Waals surface area contributed by atoms with Gasteiger partial charge in [-0.25, -0.2) is 0 Å². The van der Waals surface area contributed by atoms with Crippen molar-refractivity contribution in [1.82, 2.24) is 5.32 Å². The van der Waals surface area contributed by atoms with Crippen LogP contribution in [0.15, 0.2) is 24.3 Å². The van der Waals surface area contributed by atoms with Gasteiger partial charge in [-0.05, 0) is 37.5 Å². The van der Waals surface area contributed by atoms with Crippen molar-refractivity contribution in [3.8, 4) is 5.75 Å². The van der Waals surface area contributed by atoms with Gasteiger partial charge >= 0.3 is 6.61 Å². The van der Waals surface area contributed by atoms with Crippen LogP contribution in [0.2, 0.25) is 0 Å². The molecule has 1 aliphatic rings. The Labute approximate surface area is 111 Å². The van der Waals surface area contributed by atoms with Crippen molar-refractivity contribution in [3.05, 3.63) is 29.8 Å². The molecule has 1 aliphatic heterocycles. The van der Waals surface area contributed by atoms with Gasteiger partial charge in [-0.1, -0.05) is 12.1 Å². The van der Waals surface area contributed by atoms with Crippen LogP contribution < -0.4 is 10.1 Å². The van der Waals surface area contributed by atoms with E-state index in [1.165, 1.54) is 6.07 Å². The molecule has 1 aromatic carbocycles. The second-order valence-corrected chi connectivity index (χ2v) is 4.75. The number of hydrogen-bond acceptors (Lipinski definition) is 3. The molecule has 0 spiro atoms. The molecule has 5 heteroatoms. The third kappa shape index (κ3) is 4.44. The fourth-order valence-corrected chi connectivity index (χ4v) is 2.28. The van der Waals surface area contributed by atoms with E-state index in [2.05, 4.69) is 10.1 Å². The molecule has 1 N–H and O–H groups in total. The predicted octanol–water partition coefficient (Wildman–Crippen LogP) is 3.12. The average molecular weight is 271 g/mol. The number of halogens is 2. The number of hydrogen-bond donors (Lipinski definition) is 1. The van der Waals surface area contributed by atoms with Gasteiger partial charge in [-0.15, -0.1) is 0 Å². The molecule has 0 saturated carbocycles. The Hall–Kier alpha value is -1.20. The topological polar surface area (TPSA) is 30.5 Å². The van der Waals surface area contributed by atoms with Crippen molar-refractivity contribution in [2.24, 2.45) is 0 Å². The van der Waals surface area contributed by atoms with E-state index in [-0.39, 0.29) is 11.8 Å². The number of ether oxygens (including phenoxy) is 2. The molecule has 0 amide bonds. The Kier molecular flexibility index (Phi) is 5.10. The normalized spacial score (nSPS) is 21.4. The van der Waals surface area contributed by atoms with Gasteiger partial charge in [-0.2, -0.15) is 8.78 Å². The fraction of sp³-hybridized carbons (Fsp3) is 0.571. The number of alkyl halides is 2. The molecule has 3 nitrogen and oxygen atoms in total. The molecule has 2 atom stereocenters. The molecule has 1 aromatic rings. The third-order valence-corrected chi connectivity index (χ3v) is 3.23. The second kappa shape index (κ2) is 6.82. The minimum atomic E-state index is -2.79. The van der Waals surface area contributed by atoms with Crippen molar-refractivity contribution < 1.29 is 18.3 Å². The van der Waals surface area contributed by atoms with Crippen molar-refractivity contribution in [3.63, 3.8) is 0 Å². The molecule has 1 saturated heterocycles. The molecule has 1 fully saturated rings. The minimum absolute atomic E-state index is 0.0768. The van der Waals surface area contributed by atoms with E-state index in [1.54, 1.807) is 12.1 Å². The molecular weight excluding hydrogens is 252 g/mol. The van der Waals surface area contributed by atoms with Crippen LogP contribution >= 0.6 is 0 Å². The standard InChI is InChI=1S/C14H19F2NO2/c1-10(17-12-5-3-7-18-9-12)11-4-2-6-13(8-11)19-14(15)16/h2,4,6,8,10,12,14,17H,3,5,7,9H2,1H3/t10-,12+/m1/s1. The summed E-state index contributed by atoms with van der Waals surface area (Å²) in [5.41, 5.74) is 0.934. The van der Waals surface area contributed by atoms with Gasteiger partial charge in [0, 0.05) is 18.7 Å². The Balaban J connectivity index is 1.95. The highest BCUT2D eigenvalue weighted by Crippen LogP contribution is 2.21. The molecule has 106 valence electrons. The second-order valence-electron chi connectivity index (χ2n) is 4.75. The Morgan fingerprint density at radius 3 is 2.95 bits per heavy atom. The van der Waals surface area contributed by atoms with Gasteiger partial charge in [0.05, 0.1) is 6.61 Å². The quantitative estimate of drug-likeness (QED) is 0.892. The van der Waals surface area contributed by atoms with E-state index < -0.39 is 6.61 Å². The summed E-state index contributed by atoms with van der Waals surface area (Å²) in [7, 11) is 0. The average Bonchev–Trinajstić information content (AvgIpc) is 2.39. The van der Waals surface area contributed by atoms with E-state index >= 15 is 0 Å². The van der Waals surface area contributed by atoms with Gasteiger partial charge in [0.25, 0.3) is 0 Å². The summed E-state index contributed by atoms with van der Waals surface area (Å²) in [6.07, 6.45) is 2.14. The lowest BCUT2D eigenvalue weighted by Gasteiger charge is -2.27. The number of nitrogens with one attached hydrogen (secondary N) is 1. The van der Waals surface area contributed by atoms with E-state index in [0.717, 1.165) is 25.0 Å². The highest BCUT2D eigenvalue weighted by Gasteiger charge is 2.17. The van der Waals surface area contributed by atoms with Crippen LogP contribution in [0.3, 0.4) is 0 Å². The SMILES string of the molecule is C[C@@H](N[C@H]1CCCOC1)c1cccc(OC(F)F)c1. The molecule has 2 rings (SSSR count). The maximum Gasteiger partial charge on any atom is 0.387 e. The Bertz CT molecular complexity index is 395. The smallest absolute Gasteiger partial charge is 0.387 e. The van der Waals surface area contributed by atoms with Gasteiger partial charge in [0.2, 0.25) is 0 Å².